The molecule has 0 saturated carbocycles. The summed E-state index contributed by atoms with van der Waals surface area (Å²) in [6.45, 7) is 7.40. The highest BCUT2D eigenvalue weighted by Crippen LogP contribution is 2.19. The highest BCUT2D eigenvalue weighted by molar-refractivity contribution is 6.08. The van der Waals surface area contributed by atoms with E-state index < -0.39 is 0 Å². The molecule has 0 aromatic heterocycles. The Hall–Kier alpha value is -1.67. The van der Waals surface area contributed by atoms with Gasteiger partial charge in [-0.3, -0.25) is 4.79 Å². The van der Waals surface area contributed by atoms with E-state index in [2.05, 4.69) is 30.9 Å². The fourth-order valence-electron chi connectivity index (χ4n) is 2.83. The molecule has 0 bridgehead atoms. The smallest absolute Gasteiger partial charge is 0.164 e. The number of carbonyl (C=O) groups excluding carboxylic acids is 1. The molecule has 0 saturated heterocycles. The molecule has 0 amide bonds. The molecule has 112 valence electrons. The van der Waals surface area contributed by atoms with E-state index in [1.54, 1.807) is 0 Å². The van der Waals surface area contributed by atoms with Crippen LogP contribution in [-0.4, -0.2) is 30.3 Å². The molecule has 0 aliphatic carbocycles. The second-order valence-electron chi connectivity index (χ2n) is 5.54. The Bertz CT molecular complexity index is 580. The SMILES string of the molecule is CCCN(CCC)CCC(=O)c1cccc2ccccc12. The second kappa shape index (κ2) is 7.94. The molecule has 0 unspecified atom stereocenters. The molecule has 0 spiro atoms. The standard InChI is InChI=1S/C19H25NO/c1-3-13-20(14-4-2)15-12-19(21)18-11-7-9-16-8-5-6-10-17(16)18/h5-11H,3-4,12-15H2,1-2H3. The van der Waals surface area contributed by atoms with Crippen LogP contribution in [-0.2, 0) is 0 Å². The third-order valence-electron chi connectivity index (χ3n) is 3.82. The molecule has 2 aromatic rings. The molecule has 21 heavy (non-hydrogen) atoms. The van der Waals surface area contributed by atoms with E-state index in [0.29, 0.717) is 6.42 Å². The molecule has 0 aliphatic heterocycles. The van der Waals surface area contributed by atoms with Crippen LogP contribution in [0.3, 0.4) is 0 Å². The van der Waals surface area contributed by atoms with Crippen molar-refractivity contribution in [1.82, 2.24) is 4.90 Å². The van der Waals surface area contributed by atoms with Gasteiger partial charge < -0.3 is 4.90 Å². The van der Waals surface area contributed by atoms with E-state index in [9.17, 15) is 4.79 Å². The minimum atomic E-state index is 0.254. The Kier molecular flexibility index (Phi) is 5.94. The first-order valence-electron chi connectivity index (χ1n) is 7.99. The first-order chi connectivity index (χ1) is 10.3. The van der Waals surface area contributed by atoms with Crippen LogP contribution in [0.4, 0.5) is 0 Å². The molecule has 2 heteroatoms. The summed E-state index contributed by atoms with van der Waals surface area (Å²) in [4.78, 5) is 14.9. The molecule has 0 N–H and O–H groups in total. The van der Waals surface area contributed by atoms with Gasteiger partial charge in [0.15, 0.2) is 5.78 Å². The predicted molar refractivity (Wildman–Crippen MR) is 89.9 cm³/mol. The van der Waals surface area contributed by atoms with Gasteiger partial charge in [0.1, 0.15) is 0 Å². The summed E-state index contributed by atoms with van der Waals surface area (Å²) in [5.74, 6) is 0.254. The van der Waals surface area contributed by atoms with E-state index in [4.69, 9.17) is 0 Å². The van der Waals surface area contributed by atoms with Crippen molar-refractivity contribution in [3.8, 4) is 0 Å². The molecule has 0 aliphatic rings. The van der Waals surface area contributed by atoms with Crippen molar-refractivity contribution in [2.75, 3.05) is 19.6 Å². The average molecular weight is 283 g/mol. The van der Waals surface area contributed by atoms with Crippen molar-refractivity contribution in [3.05, 3.63) is 48.0 Å². The van der Waals surface area contributed by atoms with E-state index >= 15 is 0 Å². The molecule has 2 nitrogen and oxygen atoms in total. The van der Waals surface area contributed by atoms with Gasteiger partial charge in [-0.05, 0) is 36.7 Å². The van der Waals surface area contributed by atoms with E-state index in [-0.39, 0.29) is 5.78 Å². The molecule has 2 aromatic carbocycles. The minimum Gasteiger partial charge on any atom is -0.303 e. The Morgan fingerprint density at radius 3 is 2.29 bits per heavy atom. The Morgan fingerprint density at radius 1 is 0.905 bits per heavy atom. The average Bonchev–Trinajstić information content (AvgIpc) is 2.52. The van der Waals surface area contributed by atoms with Crippen molar-refractivity contribution in [1.29, 1.82) is 0 Å². The van der Waals surface area contributed by atoms with Gasteiger partial charge in [0.05, 0.1) is 0 Å². The van der Waals surface area contributed by atoms with Gasteiger partial charge in [0.25, 0.3) is 0 Å². The number of hydrogen-bond acceptors (Lipinski definition) is 2. The monoisotopic (exact) mass is 283 g/mol. The van der Waals surface area contributed by atoms with Crippen LogP contribution in [0, 0.1) is 0 Å². The molecule has 0 atom stereocenters. The van der Waals surface area contributed by atoms with Crippen LogP contribution < -0.4 is 0 Å². The predicted octanol–water partition coefficient (Wildman–Crippen LogP) is 4.53. The summed E-state index contributed by atoms with van der Waals surface area (Å²) in [5.41, 5.74) is 0.862. The van der Waals surface area contributed by atoms with Gasteiger partial charge in [0.2, 0.25) is 0 Å². The Labute approximate surface area is 127 Å². The fourth-order valence-corrected chi connectivity index (χ4v) is 2.83. The maximum absolute atomic E-state index is 12.5. The largest absolute Gasteiger partial charge is 0.303 e. The third-order valence-corrected chi connectivity index (χ3v) is 3.82. The number of nitrogens with zero attached hydrogens (tertiary/aromatic N) is 1. The van der Waals surface area contributed by atoms with Gasteiger partial charge in [0, 0.05) is 18.5 Å². The summed E-state index contributed by atoms with van der Waals surface area (Å²) >= 11 is 0. The molecule has 0 radical (unpaired) electrons. The minimum absolute atomic E-state index is 0.254. The van der Waals surface area contributed by atoms with Crippen molar-refractivity contribution < 1.29 is 4.79 Å². The third kappa shape index (κ3) is 4.15. The summed E-state index contributed by atoms with van der Waals surface area (Å²) in [6.07, 6.45) is 2.89. The van der Waals surface area contributed by atoms with Crippen LogP contribution in [0.5, 0.6) is 0 Å². The fraction of sp³-hybridized carbons (Fsp3) is 0.421. The van der Waals surface area contributed by atoms with Crippen LogP contribution in [0.2, 0.25) is 0 Å². The van der Waals surface area contributed by atoms with Crippen LogP contribution in [0.1, 0.15) is 43.5 Å². The quantitative estimate of drug-likeness (QED) is 0.663. The number of Topliss-reactive ketones (excluding diaryl/α,β-unsaturated/α-hetero) is 1. The van der Waals surface area contributed by atoms with Gasteiger partial charge in [-0.15, -0.1) is 0 Å². The zero-order valence-corrected chi connectivity index (χ0v) is 13.1. The lowest BCUT2D eigenvalue weighted by Gasteiger charge is -2.20. The number of fused-ring (bicyclic) bond motifs is 1. The summed E-state index contributed by atoms with van der Waals surface area (Å²) in [5, 5.41) is 2.21. The van der Waals surface area contributed by atoms with E-state index in [1.165, 1.54) is 0 Å². The first-order valence-corrected chi connectivity index (χ1v) is 7.99. The second-order valence-corrected chi connectivity index (χ2v) is 5.54. The maximum atomic E-state index is 12.5. The number of ketones is 1. The highest BCUT2D eigenvalue weighted by Gasteiger charge is 2.11. The summed E-state index contributed by atoms with van der Waals surface area (Å²) in [7, 11) is 0. The zero-order valence-electron chi connectivity index (χ0n) is 13.1. The Balaban J connectivity index is 2.08. The number of hydrogen-bond donors (Lipinski definition) is 0. The lowest BCUT2D eigenvalue weighted by Crippen LogP contribution is -2.28. The normalized spacial score (nSPS) is 11.2. The number of rotatable bonds is 8. The molecule has 2 rings (SSSR count). The lowest BCUT2D eigenvalue weighted by molar-refractivity contribution is 0.0965. The van der Waals surface area contributed by atoms with Crippen LogP contribution in [0.15, 0.2) is 42.5 Å². The summed E-state index contributed by atoms with van der Waals surface area (Å²) < 4.78 is 0. The van der Waals surface area contributed by atoms with Gasteiger partial charge in [-0.1, -0.05) is 56.3 Å². The van der Waals surface area contributed by atoms with Gasteiger partial charge in [-0.2, -0.15) is 0 Å². The van der Waals surface area contributed by atoms with E-state index in [0.717, 1.165) is 48.8 Å². The highest BCUT2D eigenvalue weighted by atomic mass is 16.1. The van der Waals surface area contributed by atoms with Crippen LogP contribution in [0.25, 0.3) is 10.8 Å². The molecule has 0 fully saturated rings. The van der Waals surface area contributed by atoms with Crippen molar-refractivity contribution in [3.63, 3.8) is 0 Å². The molecular formula is C19H25NO. The number of carbonyl (C=O) groups is 1. The molecule has 0 heterocycles. The lowest BCUT2D eigenvalue weighted by atomic mass is 10.00. The van der Waals surface area contributed by atoms with E-state index in [1.807, 2.05) is 30.3 Å². The molecular weight excluding hydrogens is 258 g/mol. The number of benzene rings is 2. The van der Waals surface area contributed by atoms with Crippen molar-refractivity contribution in [2.24, 2.45) is 0 Å². The van der Waals surface area contributed by atoms with Gasteiger partial charge in [-0.25, -0.2) is 0 Å². The zero-order chi connectivity index (χ0) is 15.1. The van der Waals surface area contributed by atoms with Gasteiger partial charge >= 0.3 is 0 Å². The topological polar surface area (TPSA) is 20.3 Å². The Morgan fingerprint density at radius 2 is 1.57 bits per heavy atom. The summed E-state index contributed by atoms with van der Waals surface area (Å²) in [6, 6.07) is 14.1. The van der Waals surface area contributed by atoms with Crippen molar-refractivity contribution >= 4 is 16.6 Å². The first kappa shape index (κ1) is 15.7. The van der Waals surface area contributed by atoms with Crippen molar-refractivity contribution in [2.45, 2.75) is 33.1 Å². The maximum Gasteiger partial charge on any atom is 0.164 e. The van der Waals surface area contributed by atoms with Crippen LogP contribution >= 0.6 is 0 Å².